The van der Waals surface area contributed by atoms with Crippen molar-refractivity contribution < 1.29 is 21.5 Å². The minimum atomic E-state index is -1.34. The molecule has 0 radical (unpaired) electrons. The van der Waals surface area contributed by atoms with Crippen LogP contribution >= 0.6 is 0 Å². The lowest BCUT2D eigenvalue weighted by Crippen LogP contribution is -3.00. The lowest BCUT2D eigenvalue weighted by atomic mass is 10.2. The molecular weight excluding hydrogens is 351 g/mol. The molecular formula is C19H28BrNSi. The zero-order valence-electron chi connectivity index (χ0n) is 14.4. The Morgan fingerprint density at radius 3 is 1.73 bits per heavy atom. The molecule has 2 aromatic carbocycles. The molecule has 120 valence electrons. The van der Waals surface area contributed by atoms with Gasteiger partial charge in [-0.15, -0.1) is 0 Å². The van der Waals surface area contributed by atoms with Crippen molar-refractivity contribution in [2.24, 2.45) is 0 Å². The highest BCUT2D eigenvalue weighted by atomic mass is 79.9. The summed E-state index contributed by atoms with van der Waals surface area (Å²) in [4.78, 5) is 0. The van der Waals surface area contributed by atoms with E-state index in [9.17, 15) is 0 Å². The monoisotopic (exact) mass is 378 g/mol. The number of hydrogen-bond donors (Lipinski definition) is 0. The van der Waals surface area contributed by atoms with Gasteiger partial charge in [-0.05, 0) is 0 Å². The number of quaternary nitrogens is 1. The van der Waals surface area contributed by atoms with E-state index in [1.807, 2.05) is 0 Å². The van der Waals surface area contributed by atoms with E-state index in [2.05, 4.69) is 94.4 Å². The first kappa shape index (κ1) is 19.1. The first-order chi connectivity index (χ1) is 9.81. The van der Waals surface area contributed by atoms with Crippen molar-refractivity contribution in [3.8, 4) is 0 Å². The zero-order chi connectivity index (χ0) is 15.5. The molecule has 2 aromatic rings. The molecule has 22 heavy (non-hydrogen) atoms. The summed E-state index contributed by atoms with van der Waals surface area (Å²) in [6, 6.07) is 21.9. The maximum Gasteiger partial charge on any atom is 0.120 e. The second-order valence-electron chi connectivity index (χ2n) is 7.60. The molecule has 0 bridgehead atoms. The molecule has 2 rings (SSSR count). The van der Waals surface area contributed by atoms with E-state index in [0.29, 0.717) is 5.67 Å². The molecule has 0 aromatic heterocycles. The molecule has 0 N–H and O–H groups in total. The van der Waals surface area contributed by atoms with Crippen LogP contribution in [0.15, 0.2) is 60.7 Å². The number of rotatable bonds is 5. The zero-order valence-corrected chi connectivity index (χ0v) is 17.0. The van der Waals surface area contributed by atoms with Gasteiger partial charge in [0, 0.05) is 11.1 Å². The first-order valence-electron chi connectivity index (χ1n) is 7.72. The van der Waals surface area contributed by atoms with Gasteiger partial charge in [-0.2, -0.15) is 0 Å². The highest BCUT2D eigenvalue weighted by Crippen LogP contribution is 2.35. The summed E-state index contributed by atoms with van der Waals surface area (Å²) >= 11 is 0. The van der Waals surface area contributed by atoms with E-state index in [0.717, 1.165) is 11.0 Å². The molecule has 0 saturated carbocycles. The van der Waals surface area contributed by atoms with Gasteiger partial charge >= 0.3 is 0 Å². The number of nitrogens with zero attached hydrogens (tertiary/aromatic N) is 1. The standard InChI is InChI=1S/C19H28NSi.BrH/c1-20(2,16-17-12-8-6-9-13-17)19(21(3,4)5)18-14-10-7-11-15-18;/h6-15,19H,16H2,1-5H3;1H/q+1;/p-1/i16+1;. The maximum atomic E-state index is 2.48. The van der Waals surface area contributed by atoms with E-state index in [4.69, 9.17) is 0 Å². The van der Waals surface area contributed by atoms with Crippen LogP contribution in [0.2, 0.25) is 19.6 Å². The lowest BCUT2D eigenvalue weighted by Gasteiger charge is -2.44. The van der Waals surface area contributed by atoms with Crippen LogP contribution in [0.1, 0.15) is 16.8 Å². The third-order valence-corrected chi connectivity index (χ3v) is 6.74. The van der Waals surface area contributed by atoms with Crippen LogP contribution in [0.3, 0.4) is 0 Å². The van der Waals surface area contributed by atoms with Crippen LogP contribution in [0.4, 0.5) is 0 Å². The predicted molar refractivity (Wildman–Crippen MR) is 94.8 cm³/mol. The Bertz CT molecular complexity index is 561. The topological polar surface area (TPSA) is 0 Å². The molecule has 0 aliphatic heterocycles. The molecule has 0 saturated heterocycles. The van der Waals surface area contributed by atoms with Crippen LogP contribution in [-0.4, -0.2) is 26.7 Å². The number of benzene rings is 2. The van der Waals surface area contributed by atoms with Crippen molar-refractivity contribution in [3.63, 3.8) is 0 Å². The molecule has 0 fully saturated rings. The van der Waals surface area contributed by atoms with E-state index < -0.39 is 8.07 Å². The average molecular weight is 379 g/mol. The Labute approximate surface area is 147 Å². The number of hydrogen-bond acceptors (Lipinski definition) is 0. The molecule has 0 spiro atoms. The maximum absolute atomic E-state index is 2.48. The minimum absolute atomic E-state index is 0. The smallest absolute Gasteiger partial charge is 0.120 e. The average Bonchev–Trinajstić information content (AvgIpc) is 2.38. The van der Waals surface area contributed by atoms with Crippen LogP contribution in [-0.2, 0) is 6.54 Å². The summed E-state index contributed by atoms with van der Waals surface area (Å²) in [6.07, 6.45) is 0. The van der Waals surface area contributed by atoms with Crippen molar-refractivity contribution in [1.29, 1.82) is 0 Å². The van der Waals surface area contributed by atoms with Crippen LogP contribution in [0, 0.1) is 0 Å². The minimum Gasteiger partial charge on any atom is -1.00 e. The Morgan fingerprint density at radius 1 is 0.818 bits per heavy atom. The fraction of sp³-hybridized carbons (Fsp3) is 0.368. The van der Waals surface area contributed by atoms with Gasteiger partial charge in [0.25, 0.3) is 0 Å². The van der Waals surface area contributed by atoms with Gasteiger partial charge in [0.15, 0.2) is 0 Å². The van der Waals surface area contributed by atoms with E-state index in [1.165, 1.54) is 11.1 Å². The van der Waals surface area contributed by atoms with Crippen molar-refractivity contribution in [2.45, 2.75) is 31.9 Å². The summed E-state index contributed by atoms with van der Waals surface area (Å²) < 4.78 is 1.02. The van der Waals surface area contributed by atoms with Gasteiger partial charge in [-0.25, -0.2) is 0 Å². The fourth-order valence-electron chi connectivity index (χ4n) is 3.73. The molecule has 0 heterocycles. The van der Waals surface area contributed by atoms with Crippen LogP contribution in [0.25, 0.3) is 0 Å². The normalized spacial score (nSPS) is 13.3. The number of halogens is 1. The molecule has 1 unspecified atom stereocenters. The highest BCUT2D eigenvalue weighted by molar-refractivity contribution is 6.77. The second kappa shape index (κ2) is 7.58. The summed E-state index contributed by atoms with van der Waals surface area (Å²) in [5.74, 6) is 0. The highest BCUT2D eigenvalue weighted by Gasteiger charge is 2.40. The van der Waals surface area contributed by atoms with Crippen molar-refractivity contribution in [2.75, 3.05) is 14.1 Å². The summed E-state index contributed by atoms with van der Waals surface area (Å²) in [6.45, 7) is 8.52. The quantitative estimate of drug-likeness (QED) is 0.423. The van der Waals surface area contributed by atoms with E-state index in [1.54, 1.807) is 0 Å². The van der Waals surface area contributed by atoms with Gasteiger partial charge in [0.1, 0.15) is 14.6 Å². The molecule has 1 nitrogen and oxygen atoms in total. The van der Waals surface area contributed by atoms with Gasteiger partial charge in [-0.3, -0.25) is 0 Å². The Kier molecular flexibility index (Phi) is 6.60. The molecule has 0 aliphatic carbocycles. The Balaban J connectivity index is 0.00000242. The van der Waals surface area contributed by atoms with Gasteiger partial charge in [0.05, 0.1) is 19.8 Å². The van der Waals surface area contributed by atoms with Crippen molar-refractivity contribution in [1.82, 2.24) is 0 Å². The SMILES string of the molecule is C[N+](C)([13CH2]c1ccccc1)C(c1ccccc1)[Si](C)(C)C.[Br-]. The van der Waals surface area contributed by atoms with Gasteiger partial charge in [-0.1, -0.05) is 80.3 Å². The van der Waals surface area contributed by atoms with Crippen molar-refractivity contribution >= 4 is 8.07 Å². The van der Waals surface area contributed by atoms with Gasteiger partial charge in [0.2, 0.25) is 0 Å². The van der Waals surface area contributed by atoms with Crippen LogP contribution in [0.5, 0.6) is 0 Å². The van der Waals surface area contributed by atoms with Crippen LogP contribution < -0.4 is 17.0 Å². The van der Waals surface area contributed by atoms with Gasteiger partial charge < -0.3 is 21.5 Å². The third kappa shape index (κ3) is 4.80. The summed E-state index contributed by atoms with van der Waals surface area (Å²) in [7, 11) is 3.41. The largest absolute Gasteiger partial charge is 1.00 e. The molecule has 0 aliphatic rings. The Hall–Kier alpha value is -0.903. The van der Waals surface area contributed by atoms with Crippen molar-refractivity contribution in [3.05, 3.63) is 71.8 Å². The molecule has 0 amide bonds. The predicted octanol–water partition coefficient (Wildman–Crippen LogP) is 1.89. The third-order valence-electron chi connectivity index (χ3n) is 4.07. The Morgan fingerprint density at radius 2 is 1.27 bits per heavy atom. The lowest BCUT2D eigenvalue weighted by molar-refractivity contribution is -0.922. The van der Waals surface area contributed by atoms with E-state index in [-0.39, 0.29) is 17.0 Å². The molecule has 3 heteroatoms. The molecule has 1 atom stereocenters. The fourth-order valence-corrected chi connectivity index (χ4v) is 7.11. The summed E-state index contributed by atoms with van der Waals surface area (Å²) in [5.41, 5.74) is 3.50. The van der Waals surface area contributed by atoms with E-state index >= 15 is 0 Å². The first-order valence-corrected chi connectivity index (χ1v) is 11.3. The second-order valence-corrected chi connectivity index (χ2v) is 12.9. The summed E-state index contributed by atoms with van der Waals surface area (Å²) in [5, 5.41) is 0.